The molecule has 0 bridgehead atoms. The first-order valence-electron chi connectivity index (χ1n) is 9.19. The summed E-state index contributed by atoms with van der Waals surface area (Å²) in [7, 11) is 1.32. The third kappa shape index (κ3) is 4.06. The van der Waals surface area contributed by atoms with Crippen LogP contribution >= 0.6 is 0 Å². The highest BCUT2D eigenvalue weighted by molar-refractivity contribution is 6.06. The van der Waals surface area contributed by atoms with E-state index in [2.05, 4.69) is 10.4 Å². The summed E-state index contributed by atoms with van der Waals surface area (Å²) in [6, 6.07) is 16.7. The second-order valence-corrected chi connectivity index (χ2v) is 7.80. The molecule has 1 aromatic heterocycles. The number of esters is 1. The average Bonchev–Trinajstić information content (AvgIpc) is 3.04. The lowest BCUT2D eigenvalue weighted by Gasteiger charge is -2.28. The largest absolute Gasteiger partial charge is 0.467 e. The summed E-state index contributed by atoms with van der Waals surface area (Å²) in [5.74, 6) is -0.873. The Morgan fingerprint density at radius 3 is 2.36 bits per heavy atom. The van der Waals surface area contributed by atoms with E-state index in [0.717, 1.165) is 16.5 Å². The van der Waals surface area contributed by atoms with Crippen molar-refractivity contribution in [2.45, 2.75) is 33.4 Å². The molecule has 0 fully saturated rings. The molecule has 0 aliphatic carbocycles. The topological polar surface area (TPSA) is 73.2 Å². The van der Waals surface area contributed by atoms with E-state index in [-0.39, 0.29) is 0 Å². The molecule has 0 saturated heterocycles. The number of nitrogens with zero attached hydrogens (tertiary/aromatic N) is 2. The second-order valence-electron chi connectivity index (χ2n) is 7.80. The number of hydrogen-bond donors (Lipinski definition) is 1. The van der Waals surface area contributed by atoms with Gasteiger partial charge >= 0.3 is 5.97 Å². The number of benzene rings is 2. The van der Waals surface area contributed by atoms with Crippen LogP contribution in [0, 0.1) is 5.41 Å². The molecule has 0 radical (unpaired) electrons. The molecule has 1 amide bonds. The molecule has 0 spiro atoms. The molecule has 3 aromatic rings. The number of nitrogens with one attached hydrogen (secondary N) is 1. The molecule has 0 aliphatic heterocycles. The zero-order valence-electron chi connectivity index (χ0n) is 16.6. The van der Waals surface area contributed by atoms with Gasteiger partial charge in [0.1, 0.15) is 6.04 Å². The Morgan fingerprint density at radius 1 is 1.07 bits per heavy atom. The standard InChI is InChI=1S/C22H25N3O3/c1-22(2,3)19(21(27)28-4)23-20(26)18-16-12-8-9-13-17(16)25(24-18)14-15-10-6-5-7-11-15/h5-13,19H,14H2,1-4H3,(H,23,26). The van der Waals surface area contributed by atoms with E-state index >= 15 is 0 Å². The SMILES string of the molecule is COC(=O)C(NC(=O)c1nn(Cc2ccccc2)c2ccccc12)C(C)(C)C. The van der Waals surface area contributed by atoms with Crippen LogP contribution in [0.2, 0.25) is 0 Å². The van der Waals surface area contributed by atoms with Crippen molar-refractivity contribution in [2.24, 2.45) is 5.41 Å². The number of carbonyl (C=O) groups is 2. The van der Waals surface area contributed by atoms with Gasteiger partial charge in [-0.1, -0.05) is 69.3 Å². The Kier molecular flexibility index (Phi) is 5.49. The molecule has 1 atom stereocenters. The minimum atomic E-state index is -0.775. The maximum absolute atomic E-state index is 13.0. The number of fused-ring (bicyclic) bond motifs is 1. The van der Waals surface area contributed by atoms with Gasteiger partial charge in [0.15, 0.2) is 5.69 Å². The Hall–Kier alpha value is -3.15. The first kappa shape index (κ1) is 19.6. The van der Waals surface area contributed by atoms with Crippen LogP contribution in [-0.2, 0) is 16.1 Å². The Labute approximate surface area is 164 Å². The van der Waals surface area contributed by atoms with Crippen LogP contribution in [0.4, 0.5) is 0 Å². The number of carbonyl (C=O) groups excluding carboxylic acids is 2. The average molecular weight is 379 g/mol. The molecule has 6 nitrogen and oxygen atoms in total. The molecular formula is C22H25N3O3. The summed E-state index contributed by atoms with van der Waals surface area (Å²) in [4.78, 5) is 25.2. The van der Waals surface area contributed by atoms with E-state index in [1.807, 2.05) is 80.1 Å². The highest BCUT2D eigenvalue weighted by Crippen LogP contribution is 2.23. The third-order valence-electron chi connectivity index (χ3n) is 4.63. The van der Waals surface area contributed by atoms with Crippen molar-refractivity contribution in [1.29, 1.82) is 0 Å². The fraction of sp³-hybridized carbons (Fsp3) is 0.318. The van der Waals surface area contributed by atoms with Gasteiger partial charge in [-0.3, -0.25) is 9.48 Å². The van der Waals surface area contributed by atoms with Gasteiger partial charge in [-0.05, 0) is 17.0 Å². The molecule has 6 heteroatoms. The predicted molar refractivity (Wildman–Crippen MR) is 108 cm³/mol. The van der Waals surface area contributed by atoms with Crippen molar-refractivity contribution in [2.75, 3.05) is 7.11 Å². The number of hydrogen-bond acceptors (Lipinski definition) is 4. The molecule has 1 unspecified atom stereocenters. The van der Waals surface area contributed by atoms with Crippen LogP contribution in [0.1, 0.15) is 36.8 Å². The minimum absolute atomic E-state index is 0.296. The van der Waals surface area contributed by atoms with E-state index < -0.39 is 23.3 Å². The van der Waals surface area contributed by atoms with Gasteiger partial charge in [-0.15, -0.1) is 0 Å². The molecule has 1 N–H and O–H groups in total. The van der Waals surface area contributed by atoms with E-state index in [1.54, 1.807) is 0 Å². The molecule has 146 valence electrons. The highest BCUT2D eigenvalue weighted by Gasteiger charge is 2.34. The smallest absolute Gasteiger partial charge is 0.328 e. The van der Waals surface area contributed by atoms with E-state index in [9.17, 15) is 9.59 Å². The third-order valence-corrected chi connectivity index (χ3v) is 4.63. The molecule has 1 heterocycles. The van der Waals surface area contributed by atoms with E-state index in [1.165, 1.54) is 7.11 Å². The Balaban J connectivity index is 1.96. The second kappa shape index (κ2) is 7.84. The lowest BCUT2D eigenvalue weighted by molar-refractivity contribution is -0.145. The maximum Gasteiger partial charge on any atom is 0.328 e. The molecular weight excluding hydrogens is 354 g/mol. The molecule has 0 saturated carbocycles. The number of amides is 1. The van der Waals surface area contributed by atoms with Crippen LogP contribution in [-0.4, -0.2) is 34.8 Å². The van der Waals surface area contributed by atoms with Crippen LogP contribution in [0.15, 0.2) is 54.6 Å². The van der Waals surface area contributed by atoms with Crippen LogP contribution in [0.3, 0.4) is 0 Å². The van der Waals surface area contributed by atoms with Gasteiger partial charge < -0.3 is 10.1 Å². The van der Waals surface area contributed by atoms with Crippen molar-refractivity contribution in [3.8, 4) is 0 Å². The Morgan fingerprint density at radius 2 is 1.71 bits per heavy atom. The van der Waals surface area contributed by atoms with Gasteiger partial charge in [0, 0.05) is 5.39 Å². The summed E-state index contributed by atoms with van der Waals surface area (Å²) in [5.41, 5.74) is 1.75. The van der Waals surface area contributed by atoms with Crippen molar-refractivity contribution >= 4 is 22.8 Å². The summed E-state index contributed by atoms with van der Waals surface area (Å²) in [6.07, 6.45) is 0. The normalized spacial score (nSPS) is 12.6. The quantitative estimate of drug-likeness (QED) is 0.690. The fourth-order valence-corrected chi connectivity index (χ4v) is 3.12. The van der Waals surface area contributed by atoms with Crippen LogP contribution in [0.25, 0.3) is 10.9 Å². The molecule has 3 rings (SSSR count). The molecule has 28 heavy (non-hydrogen) atoms. The van der Waals surface area contributed by atoms with Crippen molar-refractivity contribution in [3.05, 3.63) is 65.9 Å². The first-order chi connectivity index (χ1) is 13.3. The summed E-state index contributed by atoms with van der Waals surface area (Å²) in [6.45, 7) is 6.18. The minimum Gasteiger partial charge on any atom is -0.467 e. The summed E-state index contributed by atoms with van der Waals surface area (Å²) >= 11 is 0. The number of methoxy groups -OCH3 is 1. The van der Waals surface area contributed by atoms with Gasteiger partial charge in [-0.2, -0.15) is 5.10 Å². The maximum atomic E-state index is 13.0. The number of para-hydroxylation sites is 1. The lowest BCUT2D eigenvalue weighted by Crippen LogP contribution is -2.49. The highest BCUT2D eigenvalue weighted by atomic mass is 16.5. The fourth-order valence-electron chi connectivity index (χ4n) is 3.12. The Bertz CT molecular complexity index is 987. The zero-order valence-corrected chi connectivity index (χ0v) is 16.6. The lowest BCUT2D eigenvalue weighted by atomic mass is 9.86. The first-order valence-corrected chi connectivity index (χ1v) is 9.19. The van der Waals surface area contributed by atoms with Crippen molar-refractivity contribution < 1.29 is 14.3 Å². The number of ether oxygens (including phenoxy) is 1. The zero-order chi connectivity index (χ0) is 20.3. The van der Waals surface area contributed by atoms with E-state index in [0.29, 0.717) is 12.2 Å². The van der Waals surface area contributed by atoms with Crippen molar-refractivity contribution in [1.82, 2.24) is 15.1 Å². The van der Waals surface area contributed by atoms with Gasteiger partial charge in [-0.25, -0.2) is 4.79 Å². The van der Waals surface area contributed by atoms with Gasteiger partial charge in [0.05, 0.1) is 19.2 Å². The van der Waals surface area contributed by atoms with Gasteiger partial charge in [0.2, 0.25) is 0 Å². The summed E-state index contributed by atoms with van der Waals surface area (Å²) < 4.78 is 6.68. The van der Waals surface area contributed by atoms with Crippen LogP contribution < -0.4 is 5.32 Å². The number of aromatic nitrogens is 2. The predicted octanol–water partition coefficient (Wildman–Crippen LogP) is 3.40. The van der Waals surface area contributed by atoms with Crippen LogP contribution in [0.5, 0.6) is 0 Å². The number of rotatable bonds is 5. The van der Waals surface area contributed by atoms with Crippen molar-refractivity contribution in [3.63, 3.8) is 0 Å². The van der Waals surface area contributed by atoms with E-state index in [4.69, 9.17) is 4.74 Å². The van der Waals surface area contributed by atoms with Gasteiger partial charge in [0.25, 0.3) is 5.91 Å². The monoisotopic (exact) mass is 379 g/mol. The molecule has 0 aliphatic rings. The molecule has 2 aromatic carbocycles. The summed E-state index contributed by atoms with van der Waals surface area (Å²) in [5, 5.41) is 8.11.